The average Bonchev–Trinajstić information content (AvgIpc) is 3.00. The molecule has 286 valence electrons. The molecule has 2 saturated heterocycles. The highest BCUT2D eigenvalue weighted by Gasteiger charge is 2.39. The molecule has 0 bridgehead atoms. The molecule has 2 heterocycles. The summed E-state index contributed by atoms with van der Waals surface area (Å²) >= 11 is 0. The van der Waals surface area contributed by atoms with Crippen molar-refractivity contribution >= 4 is 32.1 Å². The van der Waals surface area contributed by atoms with Crippen molar-refractivity contribution in [3.8, 4) is 0 Å². The Bertz CT molecular complexity index is 981. The van der Waals surface area contributed by atoms with Crippen LogP contribution >= 0.6 is 0 Å². The van der Waals surface area contributed by atoms with Crippen molar-refractivity contribution in [1.29, 1.82) is 0 Å². The number of carbonyl (C=O) groups excluding carboxylic acids is 4. The average molecular weight is 713 g/mol. The molecule has 2 atom stereocenters. The molecule has 49 heavy (non-hydrogen) atoms. The number of nitrogens with zero attached hydrogens (tertiary/aromatic N) is 2. The first-order valence-electron chi connectivity index (χ1n) is 19.2. The molecule has 2 aliphatic heterocycles. The van der Waals surface area contributed by atoms with E-state index >= 15 is 0 Å². The summed E-state index contributed by atoms with van der Waals surface area (Å²) in [5, 5.41) is 9.50. The standard InChI is InChI=1S/C22H43NO4Si.C16H29NO4/c1-18(2)27-21(25)15-10-8-9-11-16-23-19(13-12-14-20(23)24)17-26-28(6,7)22(3,4)5;1-13(2)21-16(20)10-5-3-4-6-11-17-14(12-18)8-7-9-15(17)19/h18-19H,8-17H2,1-7H3;13-14,18H,3-12H2,1-2H3/t19-;14-/m11/s1. The number of unbranched alkanes of at least 4 members (excludes halogenated alkanes) is 6. The maximum Gasteiger partial charge on any atom is 0.306 e. The minimum atomic E-state index is -1.79. The summed E-state index contributed by atoms with van der Waals surface area (Å²) in [6.45, 7) is 21.0. The molecule has 0 saturated carbocycles. The van der Waals surface area contributed by atoms with Gasteiger partial charge in [0.15, 0.2) is 8.32 Å². The van der Waals surface area contributed by atoms with Gasteiger partial charge in [-0.25, -0.2) is 0 Å². The van der Waals surface area contributed by atoms with E-state index in [1.54, 1.807) is 0 Å². The Morgan fingerprint density at radius 3 is 1.55 bits per heavy atom. The molecule has 0 aromatic rings. The first kappa shape index (κ1) is 45.0. The lowest BCUT2D eigenvalue weighted by atomic mass is 10.0. The van der Waals surface area contributed by atoms with Crippen LogP contribution in [0, 0.1) is 0 Å². The minimum absolute atomic E-state index is 0.00673. The summed E-state index contributed by atoms with van der Waals surface area (Å²) in [5.74, 6) is 0.206. The van der Waals surface area contributed by atoms with Gasteiger partial charge in [-0.05, 0) is 97.2 Å². The normalized spacial score (nSPS) is 18.9. The summed E-state index contributed by atoms with van der Waals surface area (Å²) in [4.78, 5) is 51.1. The smallest absolute Gasteiger partial charge is 0.306 e. The molecule has 0 aliphatic carbocycles. The van der Waals surface area contributed by atoms with Crippen LogP contribution in [0.4, 0.5) is 0 Å². The van der Waals surface area contributed by atoms with Crippen molar-refractivity contribution in [3.05, 3.63) is 0 Å². The zero-order valence-electron chi connectivity index (χ0n) is 32.7. The second kappa shape index (κ2) is 23.5. The van der Waals surface area contributed by atoms with Crippen LogP contribution in [0.2, 0.25) is 18.1 Å². The number of ether oxygens (including phenoxy) is 2. The summed E-state index contributed by atoms with van der Waals surface area (Å²) in [7, 11) is -1.79. The Kier molecular flexibility index (Phi) is 21.6. The molecule has 2 aliphatic rings. The highest BCUT2D eigenvalue weighted by Crippen LogP contribution is 2.37. The lowest BCUT2D eigenvalue weighted by Gasteiger charge is -2.41. The lowest BCUT2D eigenvalue weighted by molar-refractivity contribution is -0.148. The van der Waals surface area contributed by atoms with Gasteiger partial charge in [0.25, 0.3) is 0 Å². The van der Waals surface area contributed by atoms with Crippen LogP contribution in [0.5, 0.6) is 0 Å². The second-order valence-electron chi connectivity index (χ2n) is 15.9. The Labute approximate surface area is 299 Å². The number of hydrogen-bond donors (Lipinski definition) is 1. The van der Waals surface area contributed by atoms with E-state index < -0.39 is 8.32 Å². The summed E-state index contributed by atoms with van der Waals surface area (Å²) in [6.07, 6.45) is 13.6. The zero-order valence-corrected chi connectivity index (χ0v) is 33.7. The van der Waals surface area contributed by atoms with Crippen molar-refractivity contribution in [2.24, 2.45) is 0 Å². The Morgan fingerprint density at radius 2 is 1.14 bits per heavy atom. The fourth-order valence-corrected chi connectivity index (χ4v) is 6.98. The lowest BCUT2D eigenvalue weighted by Crippen LogP contribution is -2.50. The molecular formula is C38H72N2O8Si. The molecule has 2 fully saturated rings. The second-order valence-corrected chi connectivity index (χ2v) is 20.7. The molecule has 2 rings (SSSR count). The topological polar surface area (TPSA) is 123 Å². The maximum atomic E-state index is 12.5. The van der Waals surface area contributed by atoms with E-state index in [0.29, 0.717) is 32.3 Å². The van der Waals surface area contributed by atoms with Gasteiger partial charge < -0.3 is 28.8 Å². The molecule has 2 amide bonds. The number of likely N-dealkylation sites (tertiary alicyclic amines) is 2. The Hall–Kier alpha value is -1.98. The Morgan fingerprint density at radius 1 is 0.735 bits per heavy atom. The van der Waals surface area contributed by atoms with Crippen LogP contribution in [0.3, 0.4) is 0 Å². The number of hydrogen-bond acceptors (Lipinski definition) is 8. The van der Waals surface area contributed by atoms with Gasteiger partial charge >= 0.3 is 11.9 Å². The fraction of sp³-hybridized carbons (Fsp3) is 0.895. The first-order valence-corrected chi connectivity index (χ1v) is 22.1. The molecule has 0 spiro atoms. The van der Waals surface area contributed by atoms with Crippen molar-refractivity contribution < 1.29 is 38.2 Å². The molecule has 0 aromatic heterocycles. The molecule has 11 heteroatoms. The van der Waals surface area contributed by atoms with Gasteiger partial charge in [-0.1, -0.05) is 46.5 Å². The van der Waals surface area contributed by atoms with Crippen LogP contribution in [0.25, 0.3) is 0 Å². The van der Waals surface area contributed by atoms with Crippen molar-refractivity contribution in [3.63, 3.8) is 0 Å². The van der Waals surface area contributed by atoms with E-state index in [0.717, 1.165) is 90.1 Å². The van der Waals surface area contributed by atoms with E-state index in [1.165, 1.54) is 0 Å². The molecule has 0 aromatic carbocycles. The van der Waals surface area contributed by atoms with Gasteiger partial charge in [0.05, 0.1) is 37.5 Å². The van der Waals surface area contributed by atoms with Crippen LogP contribution in [-0.2, 0) is 33.1 Å². The molecule has 0 radical (unpaired) electrons. The van der Waals surface area contributed by atoms with E-state index in [2.05, 4.69) is 38.8 Å². The summed E-state index contributed by atoms with van der Waals surface area (Å²) in [5.41, 5.74) is 0. The number of rotatable bonds is 20. The van der Waals surface area contributed by atoms with Crippen molar-refractivity contribution in [2.75, 3.05) is 26.3 Å². The third-order valence-corrected chi connectivity index (χ3v) is 14.3. The number of esters is 2. The van der Waals surface area contributed by atoms with Crippen LogP contribution in [0.15, 0.2) is 0 Å². The summed E-state index contributed by atoms with van der Waals surface area (Å²) < 4.78 is 16.6. The van der Waals surface area contributed by atoms with Gasteiger partial charge in [-0.2, -0.15) is 0 Å². The maximum absolute atomic E-state index is 12.5. The molecule has 10 nitrogen and oxygen atoms in total. The number of aliphatic hydroxyl groups is 1. The van der Waals surface area contributed by atoms with Crippen molar-refractivity contribution in [1.82, 2.24) is 9.80 Å². The van der Waals surface area contributed by atoms with Gasteiger partial charge in [0.1, 0.15) is 0 Å². The van der Waals surface area contributed by atoms with Crippen LogP contribution in [-0.4, -0.2) is 97.6 Å². The number of amides is 2. The van der Waals surface area contributed by atoms with Gasteiger partial charge in [-0.15, -0.1) is 0 Å². The number of carbonyl (C=O) groups is 4. The fourth-order valence-electron chi connectivity index (χ4n) is 5.94. The third-order valence-electron chi connectivity index (χ3n) is 9.83. The predicted octanol–water partition coefficient (Wildman–Crippen LogP) is 7.55. The van der Waals surface area contributed by atoms with E-state index in [9.17, 15) is 24.3 Å². The van der Waals surface area contributed by atoms with E-state index in [4.69, 9.17) is 13.9 Å². The minimum Gasteiger partial charge on any atom is -0.463 e. The molecule has 0 unspecified atom stereocenters. The highest BCUT2D eigenvalue weighted by molar-refractivity contribution is 6.74. The third kappa shape index (κ3) is 18.7. The first-order chi connectivity index (χ1) is 23.0. The van der Waals surface area contributed by atoms with E-state index in [1.807, 2.05) is 32.6 Å². The quantitative estimate of drug-likeness (QED) is 0.0780. The number of aliphatic hydroxyl groups excluding tert-OH is 1. The highest BCUT2D eigenvalue weighted by atomic mass is 28.4. The predicted molar refractivity (Wildman–Crippen MR) is 198 cm³/mol. The van der Waals surface area contributed by atoms with Crippen LogP contribution < -0.4 is 0 Å². The van der Waals surface area contributed by atoms with Crippen LogP contribution in [0.1, 0.15) is 151 Å². The Balaban J connectivity index is 0.000000510. The van der Waals surface area contributed by atoms with Gasteiger partial charge in [-0.3, -0.25) is 19.2 Å². The van der Waals surface area contributed by atoms with Gasteiger partial charge in [0, 0.05) is 38.8 Å². The largest absolute Gasteiger partial charge is 0.463 e. The van der Waals surface area contributed by atoms with Gasteiger partial charge in [0.2, 0.25) is 11.8 Å². The zero-order chi connectivity index (χ0) is 37.0. The number of piperidine rings is 2. The SMILES string of the molecule is CC(C)OC(=O)CCCCCCN1C(=O)CCC[C@@H]1CO.CC(C)OC(=O)CCCCCCN1C(=O)CCC[C@@H]1CO[Si](C)(C)C(C)(C)C. The van der Waals surface area contributed by atoms with Crippen molar-refractivity contribution in [2.45, 2.75) is 194 Å². The van der Waals surface area contributed by atoms with E-state index in [-0.39, 0.29) is 59.7 Å². The summed E-state index contributed by atoms with van der Waals surface area (Å²) in [6, 6.07) is 0.226. The molecular weight excluding hydrogens is 641 g/mol. The molecule has 1 N–H and O–H groups in total. The monoisotopic (exact) mass is 713 g/mol.